The Kier molecular flexibility index (Phi) is 7.39. The van der Waals surface area contributed by atoms with E-state index in [9.17, 15) is 0 Å². The molecule has 0 atom stereocenters. The number of hydrogen-bond donors (Lipinski definition) is 2. The first-order chi connectivity index (χ1) is 5.70. The minimum absolute atomic E-state index is 0.733. The number of rotatable bonds is 7. The van der Waals surface area contributed by atoms with Gasteiger partial charge in [-0.2, -0.15) is 0 Å². The van der Waals surface area contributed by atoms with Crippen LogP contribution in [0.3, 0.4) is 0 Å². The summed E-state index contributed by atoms with van der Waals surface area (Å²) in [4.78, 5) is 4.46. The number of likely N-dealkylation sites (N-methyl/N-ethyl adjacent to an activating group) is 2. The van der Waals surface area contributed by atoms with Crippen molar-refractivity contribution in [1.82, 2.24) is 9.80 Å². The van der Waals surface area contributed by atoms with Gasteiger partial charge in [-0.3, -0.25) is 0 Å². The van der Waals surface area contributed by atoms with E-state index in [1.807, 2.05) is 0 Å². The summed E-state index contributed by atoms with van der Waals surface area (Å²) in [7, 11) is 4.17. The zero-order valence-corrected chi connectivity index (χ0v) is 8.29. The van der Waals surface area contributed by atoms with Gasteiger partial charge in [0.25, 0.3) is 0 Å². The molecule has 0 saturated carbocycles. The Morgan fingerprint density at radius 1 is 0.750 bits per heavy atom. The van der Waals surface area contributed by atoms with Crippen LogP contribution in [0.25, 0.3) is 0 Å². The summed E-state index contributed by atoms with van der Waals surface area (Å²) in [6.45, 7) is 5.53. The smallest absolute Gasteiger partial charge is 0.0107 e. The molecular formula is C8H22N4. The molecule has 0 bridgehead atoms. The molecule has 0 rings (SSSR count). The van der Waals surface area contributed by atoms with Gasteiger partial charge in [0.1, 0.15) is 0 Å². The topological polar surface area (TPSA) is 58.5 Å². The minimum Gasteiger partial charge on any atom is -0.329 e. The van der Waals surface area contributed by atoms with Gasteiger partial charge in [0.15, 0.2) is 0 Å². The predicted octanol–water partition coefficient (Wildman–Crippen LogP) is -1.23. The Bertz CT molecular complexity index is 85.1. The van der Waals surface area contributed by atoms with E-state index in [1.54, 1.807) is 0 Å². The van der Waals surface area contributed by atoms with E-state index in [2.05, 4.69) is 23.9 Å². The highest BCUT2D eigenvalue weighted by molar-refractivity contribution is 4.57. The van der Waals surface area contributed by atoms with E-state index >= 15 is 0 Å². The van der Waals surface area contributed by atoms with E-state index in [4.69, 9.17) is 11.5 Å². The summed E-state index contributed by atoms with van der Waals surface area (Å²) in [5.41, 5.74) is 10.8. The zero-order chi connectivity index (χ0) is 9.40. The van der Waals surface area contributed by atoms with E-state index < -0.39 is 0 Å². The van der Waals surface area contributed by atoms with Gasteiger partial charge in [-0.25, -0.2) is 0 Å². The van der Waals surface area contributed by atoms with Gasteiger partial charge in [-0.1, -0.05) is 0 Å². The molecule has 0 aromatic rings. The van der Waals surface area contributed by atoms with E-state index in [0.29, 0.717) is 0 Å². The van der Waals surface area contributed by atoms with Gasteiger partial charge >= 0.3 is 0 Å². The first-order valence-corrected chi connectivity index (χ1v) is 4.48. The van der Waals surface area contributed by atoms with Crippen molar-refractivity contribution < 1.29 is 0 Å². The fourth-order valence-corrected chi connectivity index (χ4v) is 1.01. The summed E-state index contributed by atoms with van der Waals surface area (Å²) in [5, 5.41) is 0. The molecule has 0 heterocycles. The van der Waals surface area contributed by atoms with Crippen molar-refractivity contribution in [2.24, 2.45) is 11.5 Å². The van der Waals surface area contributed by atoms with Crippen LogP contribution in [0.1, 0.15) is 0 Å². The Labute approximate surface area is 75.5 Å². The molecule has 0 saturated heterocycles. The van der Waals surface area contributed by atoms with E-state index in [0.717, 1.165) is 39.3 Å². The number of nitrogens with two attached hydrogens (primary N) is 2. The molecule has 12 heavy (non-hydrogen) atoms. The maximum absolute atomic E-state index is 5.42. The average Bonchev–Trinajstić information content (AvgIpc) is 2.02. The van der Waals surface area contributed by atoms with Gasteiger partial charge in [0.05, 0.1) is 0 Å². The molecule has 4 N–H and O–H groups in total. The number of nitrogens with zero attached hydrogens (tertiary/aromatic N) is 2. The van der Waals surface area contributed by atoms with Crippen LogP contribution in [0.5, 0.6) is 0 Å². The molecule has 0 amide bonds. The van der Waals surface area contributed by atoms with Crippen molar-refractivity contribution >= 4 is 0 Å². The second kappa shape index (κ2) is 7.49. The molecule has 0 aliphatic carbocycles. The molecule has 0 aromatic carbocycles. The van der Waals surface area contributed by atoms with Gasteiger partial charge in [-0.15, -0.1) is 0 Å². The Morgan fingerprint density at radius 2 is 1.08 bits per heavy atom. The van der Waals surface area contributed by atoms with Crippen LogP contribution in [0.15, 0.2) is 0 Å². The van der Waals surface area contributed by atoms with Crippen molar-refractivity contribution in [3.63, 3.8) is 0 Å². The van der Waals surface area contributed by atoms with Crippen LogP contribution in [0.2, 0.25) is 0 Å². The van der Waals surface area contributed by atoms with Crippen LogP contribution in [-0.2, 0) is 0 Å². The Morgan fingerprint density at radius 3 is 1.33 bits per heavy atom. The van der Waals surface area contributed by atoms with Crippen molar-refractivity contribution in [3.8, 4) is 0 Å². The third kappa shape index (κ3) is 6.54. The lowest BCUT2D eigenvalue weighted by Gasteiger charge is -2.20. The van der Waals surface area contributed by atoms with Crippen LogP contribution >= 0.6 is 0 Å². The highest BCUT2D eigenvalue weighted by atomic mass is 15.2. The maximum Gasteiger partial charge on any atom is 0.0107 e. The van der Waals surface area contributed by atoms with Crippen LogP contribution in [0, 0.1) is 0 Å². The van der Waals surface area contributed by atoms with Crippen molar-refractivity contribution in [2.75, 3.05) is 53.4 Å². The molecule has 74 valence electrons. The molecule has 4 heteroatoms. The summed E-state index contributed by atoms with van der Waals surface area (Å²) >= 11 is 0. The van der Waals surface area contributed by atoms with Gasteiger partial charge < -0.3 is 21.3 Å². The highest BCUT2D eigenvalue weighted by Crippen LogP contribution is 1.84. The summed E-state index contributed by atoms with van der Waals surface area (Å²) in [6.07, 6.45) is 0. The monoisotopic (exact) mass is 174 g/mol. The van der Waals surface area contributed by atoms with Crippen molar-refractivity contribution in [3.05, 3.63) is 0 Å². The first kappa shape index (κ1) is 11.8. The summed E-state index contributed by atoms with van der Waals surface area (Å²) in [6, 6.07) is 0. The van der Waals surface area contributed by atoms with Gasteiger partial charge in [0, 0.05) is 39.3 Å². The highest BCUT2D eigenvalue weighted by Gasteiger charge is 1.99. The molecule has 4 nitrogen and oxygen atoms in total. The molecule has 0 radical (unpaired) electrons. The Balaban J connectivity index is 3.27. The lowest BCUT2D eigenvalue weighted by atomic mass is 10.4. The van der Waals surface area contributed by atoms with Gasteiger partial charge in [0.2, 0.25) is 0 Å². The first-order valence-electron chi connectivity index (χ1n) is 4.48. The number of hydrogen-bond acceptors (Lipinski definition) is 4. The summed E-state index contributed by atoms with van der Waals surface area (Å²) in [5.74, 6) is 0. The zero-order valence-electron chi connectivity index (χ0n) is 8.29. The standard InChI is InChI=1S/C8H22N4/c1-11(5-3-9)7-8-12(2)6-4-10/h3-10H2,1-2H3. The second-order valence-corrected chi connectivity index (χ2v) is 3.18. The average molecular weight is 174 g/mol. The molecule has 0 aliphatic rings. The SMILES string of the molecule is CN(CCN)CCN(C)CCN. The lowest BCUT2D eigenvalue weighted by Crippen LogP contribution is -2.35. The Hall–Kier alpha value is -0.160. The third-order valence-electron chi connectivity index (χ3n) is 1.89. The quantitative estimate of drug-likeness (QED) is 0.507. The maximum atomic E-state index is 5.42. The molecule has 0 fully saturated rings. The minimum atomic E-state index is 0.733. The largest absolute Gasteiger partial charge is 0.329 e. The fourth-order valence-electron chi connectivity index (χ4n) is 1.01. The molecule has 0 aromatic heterocycles. The fraction of sp³-hybridized carbons (Fsp3) is 1.00. The van der Waals surface area contributed by atoms with E-state index in [-0.39, 0.29) is 0 Å². The van der Waals surface area contributed by atoms with Crippen LogP contribution in [-0.4, -0.2) is 63.2 Å². The van der Waals surface area contributed by atoms with E-state index in [1.165, 1.54) is 0 Å². The third-order valence-corrected chi connectivity index (χ3v) is 1.89. The molecule has 0 unspecified atom stereocenters. The molecule has 0 spiro atoms. The van der Waals surface area contributed by atoms with Crippen LogP contribution in [0.4, 0.5) is 0 Å². The van der Waals surface area contributed by atoms with Crippen LogP contribution < -0.4 is 11.5 Å². The molecular weight excluding hydrogens is 152 g/mol. The predicted molar refractivity (Wildman–Crippen MR) is 53.1 cm³/mol. The van der Waals surface area contributed by atoms with Gasteiger partial charge in [-0.05, 0) is 14.1 Å². The second-order valence-electron chi connectivity index (χ2n) is 3.18. The summed E-state index contributed by atoms with van der Waals surface area (Å²) < 4.78 is 0. The molecule has 0 aliphatic heterocycles. The normalized spacial score (nSPS) is 11.5. The van der Waals surface area contributed by atoms with Crippen molar-refractivity contribution in [1.29, 1.82) is 0 Å². The van der Waals surface area contributed by atoms with Crippen molar-refractivity contribution in [2.45, 2.75) is 0 Å². The lowest BCUT2D eigenvalue weighted by molar-refractivity contribution is 0.264.